The van der Waals surface area contributed by atoms with Crippen molar-refractivity contribution in [2.75, 3.05) is 13.1 Å². The van der Waals surface area contributed by atoms with E-state index in [0.717, 1.165) is 32.5 Å². The van der Waals surface area contributed by atoms with E-state index in [4.69, 9.17) is 0 Å². The van der Waals surface area contributed by atoms with Gasteiger partial charge in [0.2, 0.25) is 0 Å². The highest BCUT2D eigenvalue weighted by Gasteiger charge is 1.92. The van der Waals surface area contributed by atoms with Gasteiger partial charge in [-0.05, 0) is 32.4 Å². The Balaban J connectivity index is 2.21. The van der Waals surface area contributed by atoms with Crippen molar-refractivity contribution in [3.63, 3.8) is 0 Å². The Morgan fingerprint density at radius 1 is 1.31 bits per heavy atom. The molecule has 0 aliphatic carbocycles. The van der Waals surface area contributed by atoms with Gasteiger partial charge in [-0.1, -0.05) is 26.0 Å². The highest BCUT2D eigenvalue weighted by molar-refractivity contribution is 5.46. The molecule has 0 amide bonds. The Labute approximate surface area is 98.5 Å². The molecule has 0 saturated carbocycles. The fourth-order valence-corrected chi connectivity index (χ4v) is 1.52. The maximum absolute atomic E-state index is 4.28. The average molecular weight is 221 g/mol. The van der Waals surface area contributed by atoms with E-state index in [2.05, 4.69) is 42.6 Å². The summed E-state index contributed by atoms with van der Waals surface area (Å²) in [6.07, 6.45) is 11.8. The number of hydrogen-bond donors (Lipinski definition) is 1. The molecule has 0 radical (unpaired) electrons. The fourth-order valence-electron chi connectivity index (χ4n) is 1.52. The van der Waals surface area contributed by atoms with Crippen molar-refractivity contribution in [3.8, 4) is 0 Å². The van der Waals surface area contributed by atoms with Crippen LogP contribution in [0.2, 0.25) is 0 Å². The van der Waals surface area contributed by atoms with E-state index >= 15 is 0 Å². The lowest BCUT2D eigenvalue weighted by Gasteiger charge is -1.97. The first-order valence-electron chi connectivity index (χ1n) is 6.26. The Kier molecular flexibility index (Phi) is 6.58. The van der Waals surface area contributed by atoms with Crippen LogP contribution in [0.1, 0.15) is 38.7 Å². The van der Waals surface area contributed by atoms with Crippen molar-refractivity contribution in [1.29, 1.82) is 0 Å². The summed E-state index contributed by atoms with van der Waals surface area (Å²) < 4.78 is 2.00. The third-order valence-electron chi connectivity index (χ3n) is 2.33. The molecule has 0 unspecified atom stereocenters. The number of hydrogen-bond acceptors (Lipinski definition) is 2. The molecule has 1 rings (SSSR count). The van der Waals surface area contributed by atoms with Gasteiger partial charge in [-0.25, -0.2) is 0 Å². The minimum atomic E-state index is 1.01. The molecule has 1 aromatic rings. The third-order valence-corrected chi connectivity index (χ3v) is 2.33. The lowest BCUT2D eigenvalue weighted by atomic mass is 10.3. The van der Waals surface area contributed by atoms with E-state index in [1.165, 1.54) is 12.0 Å². The fraction of sp³-hybridized carbons (Fsp3) is 0.615. The quantitative estimate of drug-likeness (QED) is 0.684. The van der Waals surface area contributed by atoms with Crippen LogP contribution in [0.15, 0.2) is 18.5 Å². The third kappa shape index (κ3) is 5.12. The molecule has 1 heterocycles. The van der Waals surface area contributed by atoms with Crippen molar-refractivity contribution in [2.24, 2.45) is 0 Å². The van der Waals surface area contributed by atoms with E-state index in [0.29, 0.717) is 0 Å². The zero-order valence-corrected chi connectivity index (χ0v) is 10.4. The van der Waals surface area contributed by atoms with Crippen LogP contribution in [0.25, 0.3) is 6.08 Å². The van der Waals surface area contributed by atoms with Gasteiger partial charge in [0.15, 0.2) is 0 Å². The molecule has 0 aromatic carbocycles. The van der Waals surface area contributed by atoms with E-state index in [1.54, 1.807) is 0 Å². The van der Waals surface area contributed by atoms with E-state index in [-0.39, 0.29) is 0 Å². The predicted octanol–water partition coefficient (Wildman–Crippen LogP) is 2.70. The molecule has 3 nitrogen and oxygen atoms in total. The summed E-state index contributed by atoms with van der Waals surface area (Å²) in [7, 11) is 0. The van der Waals surface area contributed by atoms with Crippen LogP contribution in [-0.2, 0) is 6.54 Å². The van der Waals surface area contributed by atoms with Crippen molar-refractivity contribution in [3.05, 3.63) is 24.0 Å². The number of nitrogens with zero attached hydrogens (tertiary/aromatic N) is 2. The van der Waals surface area contributed by atoms with Crippen LogP contribution < -0.4 is 5.32 Å². The smallest absolute Gasteiger partial charge is 0.0562 e. The summed E-state index contributed by atoms with van der Waals surface area (Å²) in [5.41, 5.74) is 1.20. The summed E-state index contributed by atoms with van der Waals surface area (Å²) in [4.78, 5) is 0. The molecule has 0 aliphatic heterocycles. The maximum atomic E-state index is 4.28. The molecule has 3 heteroatoms. The van der Waals surface area contributed by atoms with Crippen LogP contribution in [0.3, 0.4) is 0 Å². The Morgan fingerprint density at radius 2 is 2.19 bits per heavy atom. The van der Waals surface area contributed by atoms with Crippen molar-refractivity contribution in [2.45, 2.75) is 39.7 Å². The van der Waals surface area contributed by atoms with Crippen molar-refractivity contribution in [1.82, 2.24) is 15.1 Å². The molecule has 0 bridgehead atoms. The predicted molar refractivity (Wildman–Crippen MR) is 69.3 cm³/mol. The summed E-state index contributed by atoms with van der Waals surface area (Å²) in [6, 6.07) is 0. The molecule has 16 heavy (non-hydrogen) atoms. The molecule has 1 N–H and O–H groups in total. The monoisotopic (exact) mass is 221 g/mol. The van der Waals surface area contributed by atoms with Crippen LogP contribution in [0.4, 0.5) is 0 Å². The van der Waals surface area contributed by atoms with Crippen LogP contribution >= 0.6 is 0 Å². The van der Waals surface area contributed by atoms with Gasteiger partial charge in [0.25, 0.3) is 0 Å². The largest absolute Gasteiger partial charge is 0.316 e. The summed E-state index contributed by atoms with van der Waals surface area (Å²) in [6.45, 7) is 7.53. The molecular weight excluding hydrogens is 198 g/mol. The molecule has 1 aromatic heterocycles. The second kappa shape index (κ2) is 8.11. The summed E-state index contributed by atoms with van der Waals surface area (Å²) >= 11 is 0. The van der Waals surface area contributed by atoms with Crippen LogP contribution in [-0.4, -0.2) is 22.9 Å². The standard InChI is InChI=1S/C13H23N3/c1-3-8-14-9-6-5-7-13-11-15-16(12-13)10-4-2/h5,7,11-12,14H,3-4,6,8-10H2,1-2H3. The molecular formula is C13H23N3. The molecule has 0 saturated heterocycles. The van der Waals surface area contributed by atoms with Gasteiger partial charge < -0.3 is 5.32 Å². The second-order valence-electron chi connectivity index (χ2n) is 3.98. The second-order valence-corrected chi connectivity index (χ2v) is 3.98. The Hall–Kier alpha value is -1.09. The highest BCUT2D eigenvalue weighted by atomic mass is 15.3. The normalized spacial score (nSPS) is 11.4. The van der Waals surface area contributed by atoms with E-state index < -0.39 is 0 Å². The molecule has 90 valence electrons. The van der Waals surface area contributed by atoms with Crippen molar-refractivity contribution < 1.29 is 0 Å². The van der Waals surface area contributed by atoms with Gasteiger partial charge in [0, 0.05) is 18.3 Å². The lowest BCUT2D eigenvalue weighted by molar-refractivity contribution is 0.602. The number of aryl methyl sites for hydroxylation is 1. The molecule has 0 fully saturated rings. The molecule has 0 spiro atoms. The van der Waals surface area contributed by atoms with E-state index in [1.807, 2.05) is 10.9 Å². The first-order chi connectivity index (χ1) is 7.86. The number of nitrogens with one attached hydrogen (secondary N) is 1. The molecule has 0 atom stereocenters. The number of rotatable bonds is 8. The van der Waals surface area contributed by atoms with Gasteiger partial charge in [0.05, 0.1) is 6.20 Å². The maximum Gasteiger partial charge on any atom is 0.0562 e. The molecule has 0 aliphatic rings. The van der Waals surface area contributed by atoms with Crippen LogP contribution in [0.5, 0.6) is 0 Å². The van der Waals surface area contributed by atoms with Gasteiger partial charge in [-0.3, -0.25) is 4.68 Å². The van der Waals surface area contributed by atoms with Gasteiger partial charge in [0.1, 0.15) is 0 Å². The first-order valence-corrected chi connectivity index (χ1v) is 6.26. The Morgan fingerprint density at radius 3 is 2.94 bits per heavy atom. The first kappa shape index (κ1) is 13.0. The highest BCUT2D eigenvalue weighted by Crippen LogP contribution is 2.02. The average Bonchev–Trinajstić information content (AvgIpc) is 2.72. The summed E-state index contributed by atoms with van der Waals surface area (Å²) in [5, 5.41) is 7.66. The van der Waals surface area contributed by atoms with Crippen molar-refractivity contribution >= 4 is 6.08 Å². The topological polar surface area (TPSA) is 29.9 Å². The minimum Gasteiger partial charge on any atom is -0.316 e. The SMILES string of the molecule is CCCNCCC=Cc1cnn(CCC)c1. The lowest BCUT2D eigenvalue weighted by Crippen LogP contribution is -2.14. The van der Waals surface area contributed by atoms with Gasteiger partial charge in [-0.15, -0.1) is 0 Å². The Bertz CT molecular complexity index is 302. The summed E-state index contributed by atoms with van der Waals surface area (Å²) in [5.74, 6) is 0. The van der Waals surface area contributed by atoms with Crippen LogP contribution in [0, 0.1) is 0 Å². The number of aromatic nitrogens is 2. The van der Waals surface area contributed by atoms with Gasteiger partial charge >= 0.3 is 0 Å². The zero-order chi connectivity index (χ0) is 11.6. The zero-order valence-electron chi connectivity index (χ0n) is 10.4. The minimum absolute atomic E-state index is 1.01. The van der Waals surface area contributed by atoms with Gasteiger partial charge in [-0.2, -0.15) is 5.10 Å². The van der Waals surface area contributed by atoms with E-state index in [9.17, 15) is 0 Å².